The number of hydrogen-bond donors (Lipinski definition) is 1. The second-order valence-corrected chi connectivity index (χ2v) is 5.00. The van der Waals surface area contributed by atoms with Gasteiger partial charge in [0.15, 0.2) is 17.3 Å². The van der Waals surface area contributed by atoms with Crippen LogP contribution in [0.1, 0.15) is 13.8 Å². The van der Waals surface area contributed by atoms with E-state index in [0.717, 1.165) is 4.90 Å². The zero-order valence-electron chi connectivity index (χ0n) is 12.7. The molecule has 0 unspecified atom stereocenters. The number of amides is 2. The fourth-order valence-corrected chi connectivity index (χ4v) is 2.44. The molecule has 0 atom stereocenters. The first-order chi connectivity index (χ1) is 10.5. The molecule has 7 nitrogen and oxygen atoms in total. The van der Waals surface area contributed by atoms with E-state index in [1.54, 1.807) is 26.0 Å². The van der Waals surface area contributed by atoms with Crippen molar-refractivity contribution in [2.24, 2.45) is 0 Å². The van der Waals surface area contributed by atoms with Gasteiger partial charge in [-0.1, -0.05) is 0 Å². The van der Waals surface area contributed by atoms with Crippen LogP contribution < -0.4 is 14.4 Å². The summed E-state index contributed by atoms with van der Waals surface area (Å²) in [6.45, 7) is 3.27. The Morgan fingerprint density at radius 1 is 1.00 bits per heavy atom. The van der Waals surface area contributed by atoms with Crippen LogP contribution in [0.15, 0.2) is 23.3 Å². The number of imide groups is 1. The predicted molar refractivity (Wildman–Crippen MR) is 80.1 cm³/mol. The maximum absolute atomic E-state index is 12.3. The predicted octanol–water partition coefficient (Wildman–Crippen LogP) is 1.79. The van der Waals surface area contributed by atoms with E-state index in [1.807, 2.05) is 0 Å². The molecule has 22 heavy (non-hydrogen) atoms. The topological polar surface area (TPSA) is 84.5 Å². The van der Waals surface area contributed by atoms with Crippen molar-refractivity contribution in [2.45, 2.75) is 13.8 Å². The van der Waals surface area contributed by atoms with Crippen LogP contribution in [0.25, 0.3) is 10.9 Å². The molecule has 0 saturated carbocycles. The van der Waals surface area contributed by atoms with Crippen LogP contribution in [-0.4, -0.2) is 36.2 Å². The molecule has 1 aromatic heterocycles. The molecule has 1 aliphatic rings. The van der Waals surface area contributed by atoms with Crippen molar-refractivity contribution >= 4 is 28.5 Å². The van der Waals surface area contributed by atoms with Gasteiger partial charge in [-0.15, -0.1) is 0 Å². The summed E-state index contributed by atoms with van der Waals surface area (Å²) in [6, 6.07) is 3.40. The van der Waals surface area contributed by atoms with Gasteiger partial charge >= 0.3 is 0 Å². The van der Waals surface area contributed by atoms with Crippen molar-refractivity contribution in [3.63, 3.8) is 0 Å². The third-order valence-electron chi connectivity index (χ3n) is 3.87. The van der Waals surface area contributed by atoms with E-state index in [1.165, 1.54) is 14.2 Å². The van der Waals surface area contributed by atoms with Gasteiger partial charge in [0.2, 0.25) is 0 Å². The normalized spacial score (nSPS) is 15.2. The van der Waals surface area contributed by atoms with Crippen LogP contribution in [0.2, 0.25) is 0 Å². The molecular formula is C15H15N3O4. The molecule has 0 radical (unpaired) electrons. The lowest BCUT2D eigenvalue weighted by atomic mass is 10.2. The van der Waals surface area contributed by atoms with E-state index in [9.17, 15) is 9.59 Å². The molecule has 1 N–H and O–H groups in total. The van der Waals surface area contributed by atoms with Crippen LogP contribution >= 0.6 is 0 Å². The van der Waals surface area contributed by atoms with Crippen molar-refractivity contribution in [1.82, 2.24) is 10.2 Å². The van der Waals surface area contributed by atoms with E-state index < -0.39 is 0 Å². The summed E-state index contributed by atoms with van der Waals surface area (Å²) in [4.78, 5) is 25.6. The Bertz CT molecular complexity index is 811. The Balaban J connectivity index is 2.18. The molecule has 2 amide bonds. The number of nitrogens with one attached hydrogen (secondary N) is 1. The monoisotopic (exact) mass is 301 g/mol. The number of carbonyl (C=O) groups is 2. The fourth-order valence-electron chi connectivity index (χ4n) is 2.44. The van der Waals surface area contributed by atoms with Gasteiger partial charge in [-0.2, -0.15) is 5.10 Å². The summed E-state index contributed by atoms with van der Waals surface area (Å²) < 4.78 is 10.5. The molecule has 2 heterocycles. The molecule has 7 heteroatoms. The maximum atomic E-state index is 12.3. The van der Waals surface area contributed by atoms with E-state index >= 15 is 0 Å². The smallest absolute Gasteiger partial charge is 0.262 e. The Hall–Kier alpha value is -2.83. The van der Waals surface area contributed by atoms with Crippen molar-refractivity contribution in [1.29, 1.82) is 0 Å². The third-order valence-corrected chi connectivity index (χ3v) is 3.87. The average Bonchev–Trinajstić information content (AvgIpc) is 3.01. The number of methoxy groups -OCH3 is 2. The Labute approximate surface area is 126 Å². The number of rotatable bonds is 3. The van der Waals surface area contributed by atoms with Crippen LogP contribution in [0.3, 0.4) is 0 Å². The lowest BCUT2D eigenvalue weighted by Crippen LogP contribution is -2.31. The summed E-state index contributed by atoms with van der Waals surface area (Å²) in [7, 11) is 3.05. The van der Waals surface area contributed by atoms with Crippen molar-refractivity contribution in [2.75, 3.05) is 19.1 Å². The number of carbonyl (C=O) groups excluding carboxylic acids is 2. The first kappa shape index (κ1) is 14.1. The lowest BCUT2D eigenvalue weighted by Gasteiger charge is -2.12. The number of aromatic amines is 1. The van der Waals surface area contributed by atoms with Crippen LogP contribution in [0.4, 0.5) is 5.82 Å². The molecule has 2 aromatic rings. The summed E-state index contributed by atoms with van der Waals surface area (Å²) in [5.74, 6) is 0.589. The molecule has 0 saturated heterocycles. The molecular weight excluding hydrogens is 286 g/mol. The summed E-state index contributed by atoms with van der Waals surface area (Å²) in [5.41, 5.74) is 1.51. The highest BCUT2D eigenvalue weighted by molar-refractivity contribution is 6.33. The first-order valence-corrected chi connectivity index (χ1v) is 6.66. The molecule has 0 aliphatic carbocycles. The Morgan fingerprint density at radius 2 is 1.55 bits per heavy atom. The lowest BCUT2D eigenvalue weighted by molar-refractivity contribution is -0.120. The van der Waals surface area contributed by atoms with Crippen molar-refractivity contribution in [3.05, 3.63) is 23.3 Å². The molecule has 0 spiro atoms. The minimum absolute atomic E-state index is 0.266. The number of aromatic nitrogens is 2. The standard InChI is InChI=1S/C15H15N3O4/c1-7-8(2)15(20)18(14(7)19)13-9-5-11(21-3)12(22-4)6-10(9)16-17-13/h5-6H,1-4H3,(H,16,17). The van der Waals surface area contributed by atoms with Gasteiger partial charge < -0.3 is 9.47 Å². The summed E-state index contributed by atoms with van der Waals surface area (Å²) in [5, 5.41) is 7.54. The maximum Gasteiger partial charge on any atom is 0.262 e. The van der Waals surface area contributed by atoms with Crippen LogP contribution in [0, 0.1) is 0 Å². The third kappa shape index (κ3) is 1.78. The van der Waals surface area contributed by atoms with Gasteiger partial charge in [0.05, 0.1) is 19.7 Å². The van der Waals surface area contributed by atoms with Crippen LogP contribution in [-0.2, 0) is 9.59 Å². The highest BCUT2D eigenvalue weighted by atomic mass is 16.5. The minimum atomic E-state index is -0.356. The Kier molecular flexibility index (Phi) is 3.13. The highest BCUT2D eigenvalue weighted by Gasteiger charge is 2.37. The molecule has 3 rings (SSSR count). The number of fused-ring (bicyclic) bond motifs is 1. The van der Waals surface area contributed by atoms with Gasteiger partial charge in [0, 0.05) is 22.6 Å². The van der Waals surface area contributed by atoms with Crippen molar-refractivity contribution < 1.29 is 19.1 Å². The SMILES string of the molecule is COc1cc2[nH]nc(N3C(=O)C(C)=C(C)C3=O)c2cc1OC. The number of H-pyrrole nitrogens is 1. The largest absolute Gasteiger partial charge is 0.493 e. The zero-order valence-corrected chi connectivity index (χ0v) is 12.7. The number of benzene rings is 1. The van der Waals surface area contributed by atoms with Crippen molar-refractivity contribution in [3.8, 4) is 11.5 Å². The molecule has 1 aromatic carbocycles. The van der Waals surface area contributed by atoms with Gasteiger partial charge in [0.25, 0.3) is 11.8 Å². The number of nitrogens with zero attached hydrogens (tertiary/aromatic N) is 2. The highest BCUT2D eigenvalue weighted by Crippen LogP contribution is 2.37. The van der Waals surface area contributed by atoms with E-state index in [0.29, 0.717) is 33.5 Å². The van der Waals surface area contributed by atoms with E-state index in [2.05, 4.69) is 10.2 Å². The average molecular weight is 301 g/mol. The minimum Gasteiger partial charge on any atom is -0.493 e. The summed E-state index contributed by atoms with van der Waals surface area (Å²) >= 11 is 0. The number of anilines is 1. The van der Waals surface area contributed by atoms with E-state index in [-0.39, 0.29) is 17.6 Å². The quantitative estimate of drug-likeness (QED) is 0.874. The second kappa shape index (κ2) is 4.87. The van der Waals surface area contributed by atoms with Gasteiger partial charge in [-0.05, 0) is 19.9 Å². The first-order valence-electron chi connectivity index (χ1n) is 6.66. The van der Waals surface area contributed by atoms with Crippen LogP contribution in [0.5, 0.6) is 11.5 Å². The molecule has 0 fully saturated rings. The molecule has 0 bridgehead atoms. The molecule has 1 aliphatic heterocycles. The van der Waals surface area contributed by atoms with Gasteiger partial charge in [-0.25, -0.2) is 4.90 Å². The van der Waals surface area contributed by atoms with Gasteiger partial charge in [-0.3, -0.25) is 14.7 Å². The Morgan fingerprint density at radius 3 is 2.09 bits per heavy atom. The zero-order chi connectivity index (χ0) is 16.0. The van der Waals surface area contributed by atoms with E-state index in [4.69, 9.17) is 9.47 Å². The number of hydrogen-bond acceptors (Lipinski definition) is 5. The second-order valence-electron chi connectivity index (χ2n) is 5.00. The fraction of sp³-hybridized carbons (Fsp3) is 0.267. The number of ether oxygens (including phenoxy) is 2. The van der Waals surface area contributed by atoms with Gasteiger partial charge in [0.1, 0.15) is 0 Å². The molecule has 114 valence electrons. The summed E-state index contributed by atoms with van der Waals surface area (Å²) in [6.07, 6.45) is 0.